The molecule has 0 atom stereocenters. The van der Waals surface area contributed by atoms with Crippen LogP contribution in [-0.4, -0.2) is 22.5 Å². The van der Waals surface area contributed by atoms with Crippen molar-refractivity contribution in [2.75, 3.05) is 11.9 Å². The summed E-state index contributed by atoms with van der Waals surface area (Å²) in [6.45, 7) is 2.40. The number of H-pyrrole nitrogens is 1. The molecule has 2 heterocycles. The second kappa shape index (κ2) is 5.76. The number of carbonyl (C=O) groups is 1. The smallest absolute Gasteiger partial charge is 0.417 e. The van der Waals surface area contributed by atoms with E-state index in [1.165, 1.54) is 6.26 Å². The Labute approximate surface area is 124 Å². The van der Waals surface area contributed by atoms with Gasteiger partial charge >= 0.3 is 11.7 Å². The molecule has 0 aliphatic heterocycles. The predicted octanol–water partition coefficient (Wildman–Crippen LogP) is 1.90. The molecule has 1 aromatic carbocycles. The molecule has 22 heavy (non-hydrogen) atoms. The highest BCUT2D eigenvalue weighted by atomic mass is 16.5. The number of hydrogen-bond acceptors (Lipinski definition) is 7. The van der Waals surface area contributed by atoms with Gasteiger partial charge in [0.15, 0.2) is 11.3 Å². The topological polar surface area (TPSA) is 110 Å². The van der Waals surface area contributed by atoms with Crippen LogP contribution in [0.4, 0.5) is 6.01 Å². The lowest BCUT2D eigenvalue weighted by atomic mass is 10.2. The highest BCUT2D eigenvalue weighted by Gasteiger charge is 2.13. The Kier molecular flexibility index (Phi) is 3.65. The minimum atomic E-state index is -0.531. The molecule has 0 amide bonds. The molecule has 0 aliphatic rings. The number of anilines is 1. The van der Waals surface area contributed by atoms with E-state index in [0.717, 1.165) is 5.56 Å². The Morgan fingerprint density at radius 2 is 2.32 bits per heavy atom. The van der Waals surface area contributed by atoms with E-state index in [4.69, 9.17) is 13.6 Å². The number of ether oxygens (including phenoxy) is 1. The summed E-state index contributed by atoms with van der Waals surface area (Å²) in [7, 11) is 0. The predicted molar refractivity (Wildman–Crippen MR) is 76.6 cm³/mol. The third kappa shape index (κ3) is 2.85. The summed E-state index contributed by atoms with van der Waals surface area (Å²) in [6, 6.07) is 5.50. The molecule has 0 fully saturated rings. The van der Waals surface area contributed by atoms with E-state index in [9.17, 15) is 9.59 Å². The van der Waals surface area contributed by atoms with Crippen LogP contribution in [0.25, 0.3) is 11.1 Å². The van der Waals surface area contributed by atoms with E-state index in [2.05, 4.69) is 15.3 Å². The Morgan fingerprint density at radius 3 is 3.14 bits per heavy atom. The van der Waals surface area contributed by atoms with Crippen molar-refractivity contribution in [2.45, 2.75) is 13.5 Å². The van der Waals surface area contributed by atoms with Crippen LogP contribution in [0.3, 0.4) is 0 Å². The van der Waals surface area contributed by atoms with E-state index in [-0.39, 0.29) is 18.3 Å². The number of hydrogen-bond donors (Lipinski definition) is 2. The zero-order chi connectivity index (χ0) is 15.5. The highest BCUT2D eigenvalue weighted by molar-refractivity contribution is 5.87. The lowest BCUT2D eigenvalue weighted by Gasteiger charge is -2.01. The molecule has 2 N–H and O–H groups in total. The number of nitrogens with zero attached hydrogens (tertiary/aromatic N) is 1. The van der Waals surface area contributed by atoms with Crippen LogP contribution in [-0.2, 0) is 11.3 Å². The third-order valence-corrected chi connectivity index (χ3v) is 2.92. The molecule has 0 unspecified atom stereocenters. The average Bonchev–Trinajstić information content (AvgIpc) is 3.10. The molecular formula is C14H13N3O5. The fourth-order valence-corrected chi connectivity index (χ4v) is 1.94. The first-order valence-corrected chi connectivity index (χ1v) is 6.64. The summed E-state index contributed by atoms with van der Waals surface area (Å²) in [4.78, 5) is 29.1. The van der Waals surface area contributed by atoms with Gasteiger partial charge in [0.25, 0.3) is 6.01 Å². The van der Waals surface area contributed by atoms with Crippen LogP contribution < -0.4 is 11.1 Å². The molecule has 114 valence electrons. The molecule has 0 aliphatic carbocycles. The standard InChI is InChI=1S/C14H13N3O5/c1-2-20-12(18)10-7-21-13(16-10)15-6-8-3-4-11-9(5-8)17-14(19)22-11/h3-5,7H,2,6H2,1H3,(H,15,16)(H,17,19). The van der Waals surface area contributed by atoms with E-state index < -0.39 is 11.7 Å². The number of esters is 1. The van der Waals surface area contributed by atoms with Crippen LogP contribution in [0.1, 0.15) is 23.0 Å². The fourth-order valence-electron chi connectivity index (χ4n) is 1.94. The van der Waals surface area contributed by atoms with Crippen molar-refractivity contribution in [3.63, 3.8) is 0 Å². The number of carbonyl (C=O) groups excluding carboxylic acids is 1. The molecule has 3 aromatic rings. The number of oxazole rings is 2. The van der Waals surface area contributed by atoms with Gasteiger partial charge in [0.2, 0.25) is 0 Å². The molecule has 0 radical (unpaired) electrons. The van der Waals surface area contributed by atoms with Crippen LogP contribution in [0.5, 0.6) is 0 Å². The number of fused-ring (bicyclic) bond motifs is 1. The van der Waals surface area contributed by atoms with Crippen molar-refractivity contribution in [1.29, 1.82) is 0 Å². The van der Waals surface area contributed by atoms with Gasteiger partial charge in [-0.05, 0) is 24.6 Å². The van der Waals surface area contributed by atoms with Crippen LogP contribution in [0.15, 0.2) is 38.1 Å². The minimum absolute atomic E-state index is 0.110. The first-order chi connectivity index (χ1) is 10.7. The third-order valence-electron chi connectivity index (χ3n) is 2.92. The maximum atomic E-state index is 11.5. The molecule has 8 heteroatoms. The van der Waals surface area contributed by atoms with Gasteiger partial charge in [-0.1, -0.05) is 6.07 Å². The second-order valence-electron chi connectivity index (χ2n) is 4.46. The molecule has 0 spiro atoms. The average molecular weight is 303 g/mol. The lowest BCUT2D eigenvalue weighted by Crippen LogP contribution is -2.05. The molecule has 0 saturated carbocycles. The molecule has 0 bridgehead atoms. The minimum Gasteiger partial charge on any atom is -0.461 e. The van der Waals surface area contributed by atoms with Gasteiger partial charge in [-0.2, -0.15) is 4.98 Å². The monoisotopic (exact) mass is 303 g/mol. The highest BCUT2D eigenvalue weighted by Crippen LogP contribution is 2.14. The Hall–Kier alpha value is -3.03. The summed E-state index contributed by atoms with van der Waals surface area (Å²) in [6.07, 6.45) is 1.23. The maximum Gasteiger partial charge on any atom is 0.417 e. The van der Waals surface area contributed by atoms with Crippen LogP contribution in [0, 0.1) is 0 Å². The Balaban J connectivity index is 1.68. The first kappa shape index (κ1) is 13.9. The number of nitrogens with one attached hydrogen (secondary N) is 2. The van der Waals surface area contributed by atoms with Gasteiger partial charge in [0.1, 0.15) is 6.26 Å². The summed E-state index contributed by atoms with van der Waals surface area (Å²) < 4.78 is 14.9. The van der Waals surface area contributed by atoms with Gasteiger partial charge in [-0.3, -0.25) is 4.98 Å². The Bertz CT molecular complexity index is 861. The number of benzene rings is 1. The van der Waals surface area contributed by atoms with E-state index in [1.54, 1.807) is 25.1 Å². The first-order valence-electron chi connectivity index (χ1n) is 6.64. The van der Waals surface area contributed by atoms with Crippen molar-refractivity contribution in [1.82, 2.24) is 9.97 Å². The van der Waals surface area contributed by atoms with E-state index in [1.807, 2.05) is 0 Å². The van der Waals surface area contributed by atoms with Crippen molar-refractivity contribution in [3.05, 3.63) is 46.3 Å². The van der Waals surface area contributed by atoms with Gasteiger partial charge in [0, 0.05) is 6.54 Å². The molecular weight excluding hydrogens is 290 g/mol. The van der Waals surface area contributed by atoms with E-state index >= 15 is 0 Å². The zero-order valence-corrected chi connectivity index (χ0v) is 11.7. The lowest BCUT2D eigenvalue weighted by molar-refractivity contribution is 0.0519. The fraction of sp³-hybridized carbons (Fsp3) is 0.214. The van der Waals surface area contributed by atoms with Gasteiger partial charge in [-0.25, -0.2) is 9.59 Å². The summed E-state index contributed by atoms with van der Waals surface area (Å²) in [5, 5.41) is 2.94. The van der Waals surface area contributed by atoms with Crippen molar-refractivity contribution >= 4 is 23.1 Å². The molecule has 3 rings (SSSR count). The van der Waals surface area contributed by atoms with Crippen LogP contribution >= 0.6 is 0 Å². The summed E-state index contributed by atoms with van der Waals surface area (Å²) in [5.41, 5.74) is 2.11. The van der Waals surface area contributed by atoms with Crippen molar-refractivity contribution in [2.24, 2.45) is 0 Å². The largest absolute Gasteiger partial charge is 0.461 e. The molecule has 0 saturated heterocycles. The van der Waals surface area contributed by atoms with Crippen molar-refractivity contribution in [3.8, 4) is 0 Å². The molecule has 8 nitrogen and oxygen atoms in total. The SMILES string of the molecule is CCOC(=O)c1coc(NCc2ccc3oc(=O)[nH]c3c2)n1. The quantitative estimate of drug-likeness (QED) is 0.692. The number of aromatic amines is 1. The van der Waals surface area contributed by atoms with Gasteiger partial charge < -0.3 is 18.9 Å². The van der Waals surface area contributed by atoms with E-state index in [0.29, 0.717) is 17.6 Å². The number of aromatic nitrogens is 2. The van der Waals surface area contributed by atoms with Crippen LogP contribution in [0.2, 0.25) is 0 Å². The van der Waals surface area contributed by atoms with Crippen molar-refractivity contribution < 1.29 is 18.4 Å². The normalized spacial score (nSPS) is 10.8. The maximum absolute atomic E-state index is 11.5. The second-order valence-corrected chi connectivity index (χ2v) is 4.46. The summed E-state index contributed by atoms with van der Waals surface area (Å²) in [5.74, 6) is -1.02. The number of rotatable bonds is 5. The zero-order valence-electron chi connectivity index (χ0n) is 11.7. The Morgan fingerprint density at radius 1 is 1.45 bits per heavy atom. The van der Waals surface area contributed by atoms with Gasteiger partial charge in [-0.15, -0.1) is 0 Å². The summed E-state index contributed by atoms with van der Waals surface area (Å²) >= 11 is 0. The van der Waals surface area contributed by atoms with Gasteiger partial charge in [0.05, 0.1) is 12.1 Å². The molecule has 2 aromatic heterocycles.